The fraction of sp³-hybridized carbons (Fsp3) is 0.462. The highest BCUT2D eigenvalue weighted by Crippen LogP contribution is 2.16. The summed E-state index contributed by atoms with van der Waals surface area (Å²) in [6.45, 7) is 2.53. The Bertz CT molecular complexity index is 431. The molecule has 106 valence electrons. The summed E-state index contributed by atoms with van der Waals surface area (Å²) in [6, 6.07) is 5.26. The standard InChI is InChI=1S/C13H18F2N2O2/c1-8(16)13(2,3)17-11(18)9-4-6-10(7-5-9)19-12(14)15/h4-8,12H,16H2,1-3H3,(H,17,18). The molecule has 0 aliphatic rings. The minimum atomic E-state index is -2.88. The summed E-state index contributed by atoms with van der Waals surface area (Å²) >= 11 is 0. The smallest absolute Gasteiger partial charge is 0.387 e. The molecule has 6 heteroatoms. The van der Waals surface area contributed by atoms with Crippen molar-refractivity contribution in [1.82, 2.24) is 5.32 Å². The Kier molecular flexibility index (Phi) is 4.83. The van der Waals surface area contributed by atoms with Gasteiger partial charge in [0.15, 0.2) is 0 Å². The van der Waals surface area contributed by atoms with Gasteiger partial charge in [-0.3, -0.25) is 4.79 Å². The molecule has 0 heterocycles. The average Bonchev–Trinajstić information content (AvgIpc) is 2.28. The Labute approximate surface area is 110 Å². The van der Waals surface area contributed by atoms with Crippen LogP contribution in [0.2, 0.25) is 0 Å². The zero-order valence-corrected chi connectivity index (χ0v) is 11.1. The number of amides is 1. The molecule has 0 aliphatic heterocycles. The van der Waals surface area contributed by atoms with Crippen LogP contribution in [-0.2, 0) is 0 Å². The van der Waals surface area contributed by atoms with Gasteiger partial charge in [0.25, 0.3) is 5.91 Å². The van der Waals surface area contributed by atoms with Crippen LogP contribution in [0.5, 0.6) is 5.75 Å². The highest BCUT2D eigenvalue weighted by atomic mass is 19.3. The number of carbonyl (C=O) groups is 1. The minimum Gasteiger partial charge on any atom is -0.435 e. The number of alkyl halides is 2. The molecule has 0 saturated carbocycles. The monoisotopic (exact) mass is 272 g/mol. The molecule has 1 aromatic carbocycles. The molecule has 1 amide bonds. The lowest BCUT2D eigenvalue weighted by Gasteiger charge is -2.30. The first kappa shape index (κ1) is 15.4. The summed E-state index contributed by atoms with van der Waals surface area (Å²) in [5.74, 6) is -0.302. The Morgan fingerprint density at radius 2 is 1.84 bits per heavy atom. The summed E-state index contributed by atoms with van der Waals surface area (Å²) in [5, 5.41) is 2.78. The molecular formula is C13H18F2N2O2. The van der Waals surface area contributed by atoms with Gasteiger partial charge in [0.05, 0.1) is 0 Å². The van der Waals surface area contributed by atoms with Gasteiger partial charge in [-0.05, 0) is 45.0 Å². The summed E-state index contributed by atoms with van der Waals surface area (Å²) in [7, 11) is 0. The fourth-order valence-electron chi connectivity index (χ4n) is 1.27. The van der Waals surface area contributed by atoms with E-state index in [2.05, 4.69) is 10.1 Å². The van der Waals surface area contributed by atoms with Gasteiger partial charge in [-0.15, -0.1) is 0 Å². The molecular weight excluding hydrogens is 254 g/mol. The van der Waals surface area contributed by atoms with E-state index in [1.165, 1.54) is 24.3 Å². The van der Waals surface area contributed by atoms with Crippen LogP contribution in [0, 0.1) is 0 Å². The van der Waals surface area contributed by atoms with Crippen LogP contribution in [0.25, 0.3) is 0 Å². The number of benzene rings is 1. The van der Waals surface area contributed by atoms with Gasteiger partial charge in [-0.1, -0.05) is 0 Å². The molecule has 0 bridgehead atoms. The van der Waals surface area contributed by atoms with Crippen molar-refractivity contribution in [2.45, 2.75) is 39.0 Å². The Balaban J connectivity index is 2.73. The van der Waals surface area contributed by atoms with Gasteiger partial charge in [-0.25, -0.2) is 0 Å². The van der Waals surface area contributed by atoms with Crippen molar-refractivity contribution in [3.05, 3.63) is 29.8 Å². The van der Waals surface area contributed by atoms with Gasteiger partial charge in [0.1, 0.15) is 5.75 Å². The van der Waals surface area contributed by atoms with Crippen LogP contribution >= 0.6 is 0 Å². The molecule has 19 heavy (non-hydrogen) atoms. The maximum Gasteiger partial charge on any atom is 0.387 e. The van der Waals surface area contributed by atoms with E-state index in [0.29, 0.717) is 5.56 Å². The number of rotatable bonds is 5. The molecule has 1 unspecified atom stereocenters. The van der Waals surface area contributed by atoms with E-state index in [0.717, 1.165) is 0 Å². The number of nitrogens with one attached hydrogen (secondary N) is 1. The fourth-order valence-corrected chi connectivity index (χ4v) is 1.27. The lowest BCUT2D eigenvalue weighted by atomic mass is 9.96. The van der Waals surface area contributed by atoms with Crippen LogP contribution < -0.4 is 15.8 Å². The third-order valence-electron chi connectivity index (χ3n) is 2.92. The molecule has 3 N–H and O–H groups in total. The quantitative estimate of drug-likeness (QED) is 0.863. The normalized spacial score (nSPS) is 13.2. The molecule has 1 rings (SSSR count). The van der Waals surface area contributed by atoms with E-state index in [1.54, 1.807) is 6.92 Å². The molecule has 0 saturated heterocycles. The second-order valence-corrected chi connectivity index (χ2v) is 4.87. The molecule has 1 atom stereocenters. The van der Waals surface area contributed by atoms with E-state index in [9.17, 15) is 13.6 Å². The molecule has 0 aromatic heterocycles. The van der Waals surface area contributed by atoms with E-state index in [-0.39, 0.29) is 17.7 Å². The predicted molar refractivity (Wildman–Crippen MR) is 68.3 cm³/mol. The number of hydrogen-bond donors (Lipinski definition) is 2. The van der Waals surface area contributed by atoms with E-state index in [1.807, 2.05) is 13.8 Å². The molecule has 0 aliphatic carbocycles. The van der Waals surface area contributed by atoms with Crippen molar-refractivity contribution in [3.8, 4) is 5.75 Å². The third-order valence-corrected chi connectivity index (χ3v) is 2.92. The van der Waals surface area contributed by atoms with Crippen LogP contribution in [-0.4, -0.2) is 24.1 Å². The summed E-state index contributed by atoms with van der Waals surface area (Å²) < 4.78 is 28.2. The Hall–Kier alpha value is -1.69. The van der Waals surface area contributed by atoms with Crippen LogP contribution in [0.3, 0.4) is 0 Å². The minimum absolute atomic E-state index is 0.0120. The highest BCUT2D eigenvalue weighted by molar-refractivity contribution is 5.94. The van der Waals surface area contributed by atoms with Crippen LogP contribution in [0.15, 0.2) is 24.3 Å². The van der Waals surface area contributed by atoms with Gasteiger partial charge in [0.2, 0.25) is 0 Å². The number of ether oxygens (including phenoxy) is 1. The zero-order valence-electron chi connectivity index (χ0n) is 11.1. The predicted octanol–water partition coefficient (Wildman–Crippen LogP) is 2.14. The number of hydrogen-bond acceptors (Lipinski definition) is 3. The molecule has 0 spiro atoms. The van der Waals surface area contributed by atoms with E-state index >= 15 is 0 Å². The molecule has 0 radical (unpaired) electrons. The second kappa shape index (κ2) is 5.97. The maximum absolute atomic E-state index is 12.0. The second-order valence-electron chi connectivity index (χ2n) is 4.87. The highest BCUT2D eigenvalue weighted by Gasteiger charge is 2.25. The van der Waals surface area contributed by atoms with Crippen molar-refractivity contribution < 1.29 is 18.3 Å². The molecule has 4 nitrogen and oxygen atoms in total. The van der Waals surface area contributed by atoms with Gasteiger partial charge in [0, 0.05) is 17.1 Å². The Morgan fingerprint density at radius 1 is 1.32 bits per heavy atom. The lowest BCUT2D eigenvalue weighted by Crippen LogP contribution is -2.54. The molecule has 0 fully saturated rings. The SMILES string of the molecule is CC(N)C(C)(C)NC(=O)c1ccc(OC(F)F)cc1. The third kappa shape index (κ3) is 4.48. The van der Waals surface area contributed by atoms with Crippen molar-refractivity contribution >= 4 is 5.91 Å². The first-order valence-electron chi connectivity index (χ1n) is 5.85. The summed E-state index contributed by atoms with van der Waals surface area (Å²) in [5.41, 5.74) is 5.55. The van der Waals surface area contributed by atoms with Crippen molar-refractivity contribution in [2.24, 2.45) is 5.73 Å². The summed E-state index contributed by atoms with van der Waals surface area (Å²) in [6.07, 6.45) is 0. The van der Waals surface area contributed by atoms with Gasteiger partial charge >= 0.3 is 6.61 Å². The van der Waals surface area contributed by atoms with Crippen LogP contribution in [0.4, 0.5) is 8.78 Å². The number of halogens is 2. The van der Waals surface area contributed by atoms with E-state index < -0.39 is 12.2 Å². The largest absolute Gasteiger partial charge is 0.435 e. The Morgan fingerprint density at radius 3 is 2.26 bits per heavy atom. The summed E-state index contributed by atoms with van der Waals surface area (Å²) in [4.78, 5) is 11.9. The topological polar surface area (TPSA) is 64.3 Å². The van der Waals surface area contributed by atoms with E-state index in [4.69, 9.17) is 5.73 Å². The van der Waals surface area contributed by atoms with Crippen molar-refractivity contribution in [1.29, 1.82) is 0 Å². The first-order chi connectivity index (χ1) is 8.72. The number of nitrogens with two attached hydrogens (primary N) is 1. The average molecular weight is 272 g/mol. The van der Waals surface area contributed by atoms with Crippen molar-refractivity contribution in [2.75, 3.05) is 0 Å². The van der Waals surface area contributed by atoms with Crippen LogP contribution in [0.1, 0.15) is 31.1 Å². The molecule has 1 aromatic rings. The van der Waals surface area contributed by atoms with Gasteiger partial charge in [-0.2, -0.15) is 8.78 Å². The number of carbonyl (C=O) groups excluding carboxylic acids is 1. The van der Waals surface area contributed by atoms with Gasteiger partial charge < -0.3 is 15.8 Å². The lowest BCUT2D eigenvalue weighted by molar-refractivity contribution is -0.0498. The zero-order chi connectivity index (χ0) is 14.6. The first-order valence-corrected chi connectivity index (χ1v) is 5.85. The van der Waals surface area contributed by atoms with Crippen molar-refractivity contribution in [3.63, 3.8) is 0 Å². The maximum atomic E-state index is 12.0.